The molecule has 2 aromatic rings. The van der Waals surface area contributed by atoms with Crippen molar-refractivity contribution >= 4 is 36.4 Å². The Labute approximate surface area is 141 Å². The standard InChI is InChI=1S/C14H18N4O2.2ClH/c1-10-3-2-4-13-17-11(9-18(10)13)7-16-14(19)12-8-15-5-6-20-12;;/h2-4,9,12,15H,5-8H2,1H3,(H,16,19);2*1H. The number of imidazole rings is 1. The maximum Gasteiger partial charge on any atom is 0.250 e. The fourth-order valence-corrected chi connectivity index (χ4v) is 2.31. The molecule has 6 nitrogen and oxygen atoms in total. The second kappa shape index (κ2) is 8.33. The Morgan fingerprint density at radius 3 is 3.00 bits per heavy atom. The van der Waals surface area contributed by atoms with Crippen LogP contribution in [0.5, 0.6) is 0 Å². The monoisotopic (exact) mass is 346 g/mol. The zero-order valence-electron chi connectivity index (χ0n) is 12.2. The summed E-state index contributed by atoms with van der Waals surface area (Å²) in [6.45, 7) is 4.38. The minimum absolute atomic E-state index is 0. The number of halogens is 2. The number of morpholine rings is 1. The van der Waals surface area contributed by atoms with Crippen LogP contribution in [0.15, 0.2) is 24.4 Å². The molecule has 3 rings (SSSR count). The van der Waals surface area contributed by atoms with Gasteiger partial charge in [-0.05, 0) is 19.1 Å². The molecular weight excluding hydrogens is 327 g/mol. The summed E-state index contributed by atoms with van der Waals surface area (Å²) < 4.78 is 7.42. The lowest BCUT2D eigenvalue weighted by atomic mass is 10.3. The lowest BCUT2D eigenvalue weighted by Gasteiger charge is -2.22. The van der Waals surface area contributed by atoms with Crippen molar-refractivity contribution in [1.29, 1.82) is 0 Å². The van der Waals surface area contributed by atoms with E-state index in [1.165, 1.54) is 0 Å². The van der Waals surface area contributed by atoms with Gasteiger partial charge in [0.25, 0.3) is 5.91 Å². The van der Waals surface area contributed by atoms with Crippen molar-refractivity contribution in [1.82, 2.24) is 20.0 Å². The van der Waals surface area contributed by atoms with Crippen molar-refractivity contribution in [2.75, 3.05) is 19.7 Å². The van der Waals surface area contributed by atoms with Crippen LogP contribution in [0, 0.1) is 6.92 Å². The maximum absolute atomic E-state index is 11.9. The van der Waals surface area contributed by atoms with Crippen molar-refractivity contribution in [3.8, 4) is 0 Å². The quantitative estimate of drug-likeness (QED) is 0.872. The van der Waals surface area contributed by atoms with Gasteiger partial charge in [-0.3, -0.25) is 4.79 Å². The van der Waals surface area contributed by atoms with Crippen LogP contribution in [0.4, 0.5) is 0 Å². The molecule has 2 aromatic heterocycles. The minimum atomic E-state index is -0.400. The maximum atomic E-state index is 11.9. The highest BCUT2D eigenvalue weighted by molar-refractivity contribution is 5.85. The van der Waals surface area contributed by atoms with E-state index in [-0.39, 0.29) is 30.7 Å². The van der Waals surface area contributed by atoms with Crippen LogP contribution in [0.1, 0.15) is 11.4 Å². The number of aryl methyl sites for hydroxylation is 1. The summed E-state index contributed by atoms with van der Waals surface area (Å²) in [6, 6.07) is 5.95. The Morgan fingerprint density at radius 1 is 1.50 bits per heavy atom. The van der Waals surface area contributed by atoms with E-state index in [1.54, 1.807) is 0 Å². The van der Waals surface area contributed by atoms with Crippen LogP contribution in [0.3, 0.4) is 0 Å². The third-order valence-corrected chi connectivity index (χ3v) is 3.41. The van der Waals surface area contributed by atoms with Crippen LogP contribution in [0.25, 0.3) is 5.65 Å². The van der Waals surface area contributed by atoms with Crippen molar-refractivity contribution in [3.63, 3.8) is 0 Å². The molecule has 8 heteroatoms. The Bertz CT molecular complexity index is 626. The number of rotatable bonds is 3. The number of carbonyl (C=O) groups excluding carboxylic acids is 1. The molecule has 0 spiro atoms. The zero-order valence-corrected chi connectivity index (χ0v) is 13.9. The topological polar surface area (TPSA) is 67.7 Å². The zero-order chi connectivity index (χ0) is 13.9. The lowest BCUT2D eigenvalue weighted by molar-refractivity contribution is -0.134. The van der Waals surface area contributed by atoms with Gasteiger partial charge < -0.3 is 19.8 Å². The number of hydrogen-bond donors (Lipinski definition) is 2. The third kappa shape index (κ3) is 4.10. The largest absolute Gasteiger partial charge is 0.366 e. The van der Waals surface area contributed by atoms with E-state index in [2.05, 4.69) is 15.6 Å². The van der Waals surface area contributed by atoms with E-state index in [9.17, 15) is 4.79 Å². The van der Waals surface area contributed by atoms with Crippen LogP contribution >= 0.6 is 24.8 Å². The lowest BCUT2D eigenvalue weighted by Crippen LogP contribution is -2.47. The molecule has 3 heterocycles. The average molecular weight is 347 g/mol. The summed E-state index contributed by atoms with van der Waals surface area (Å²) in [5.74, 6) is -0.0917. The Kier molecular flexibility index (Phi) is 7.09. The number of amides is 1. The number of pyridine rings is 1. The molecule has 1 saturated heterocycles. The molecule has 2 N–H and O–H groups in total. The summed E-state index contributed by atoms with van der Waals surface area (Å²) in [6.07, 6.45) is 1.55. The van der Waals surface area contributed by atoms with E-state index in [1.807, 2.05) is 35.7 Å². The van der Waals surface area contributed by atoms with Crippen LogP contribution in [-0.2, 0) is 16.1 Å². The molecule has 1 aliphatic heterocycles. The summed E-state index contributed by atoms with van der Waals surface area (Å²) >= 11 is 0. The van der Waals surface area contributed by atoms with E-state index in [0.29, 0.717) is 19.7 Å². The van der Waals surface area contributed by atoms with Gasteiger partial charge >= 0.3 is 0 Å². The molecule has 0 aliphatic carbocycles. The highest BCUT2D eigenvalue weighted by Crippen LogP contribution is 2.08. The molecule has 1 aliphatic rings. The van der Waals surface area contributed by atoms with Gasteiger partial charge in [0.15, 0.2) is 0 Å². The van der Waals surface area contributed by atoms with E-state index in [4.69, 9.17) is 4.74 Å². The first-order chi connectivity index (χ1) is 9.74. The molecule has 0 bridgehead atoms. The predicted octanol–water partition coefficient (Wildman–Crippen LogP) is 1.09. The van der Waals surface area contributed by atoms with Gasteiger partial charge in [0.05, 0.1) is 18.8 Å². The summed E-state index contributed by atoms with van der Waals surface area (Å²) in [4.78, 5) is 16.4. The first-order valence-corrected chi connectivity index (χ1v) is 6.77. The molecule has 0 radical (unpaired) electrons. The Balaban J connectivity index is 0.00000121. The number of ether oxygens (including phenoxy) is 1. The summed E-state index contributed by atoms with van der Waals surface area (Å²) in [5.41, 5.74) is 2.86. The van der Waals surface area contributed by atoms with Crippen molar-refractivity contribution < 1.29 is 9.53 Å². The molecule has 1 unspecified atom stereocenters. The number of fused-ring (bicyclic) bond motifs is 1. The van der Waals surface area contributed by atoms with Crippen molar-refractivity contribution in [2.24, 2.45) is 0 Å². The normalized spacial score (nSPS) is 17.4. The van der Waals surface area contributed by atoms with Crippen LogP contribution in [-0.4, -0.2) is 41.1 Å². The molecular formula is C14H20Cl2N4O2. The number of carbonyl (C=O) groups is 1. The average Bonchev–Trinajstić information content (AvgIpc) is 2.90. The highest BCUT2D eigenvalue weighted by Gasteiger charge is 2.21. The molecule has 0 aromatic carbocycles. The first-order valence-electron chi connectivity index (χ1n) is 6.77. The van der Waals surface area contributed by atoms with Crippen LogP contribution in [0.2, 0.25) is 0 Å². The fourth-order valence-electron chi connectivity index (χ4n) is 2.31. The van der Waals surface area contributed by atoms with Gasteiger partial charge in [-0.15, -0.1) is 24.8 Å². The van der Waals surface area contributed by atoms with Crippen molar-refractivity contribution in [2.45, 2.75) is 19.6 Å². The van der Waals surface area contributed by atoms with Crippen LogP contribution < -0.4 is 10.6 Å². The molecule has 22 heavy (non-hydrogen) atoms. The first kappa shape index (κ1) is 18.7. The minimum Gasteiger partial charge on any atom is -0.366 e. The highest BCUT2D eigenvalue weighted by atomic mass is 35.5. The van der Waals surface area contributed by atoms with Gasteiger partial charge in [-0.25, -0.2) is 4.98 Å². The van der Waals surface area contributed by atoms with E-state index < -0.39 is 6.10 Å². The fraction of sp³-hybridized carbons (Fsp3) is 0.429. The number of nitrogens with one attached hydrogen (secondary N) is 2. The second-order valence-electron chi connectivity index (χ2n) is 4.91. The second-order valence-corrected chi connectivity index (χ2v) is 4.91. The Hall–Kier alpha value is -1.34. The molecule has 122 valence electrons. The van der Waals surface area contributed by atoms with Gasteiger partial charge in [-0.1, -0.05) is 6.07 Å². The van der Waals surface area contributed by atoms with E-state index in [0.717, 1.165) is 23.6 Å². The van der Waals surface area contributed by atoms with Gasteiger partial charge in [0, 0.05) is 25.0 Å². The third-order valence-electron chi connectivity index (χ3n) is 3.41. The van der Waals surface area contributed by atoms with Gasteiger partial charge in [0.2, 0.25) is 0 Å². The van der Waals surface area contributed by atoms with Crippen molar-refractivity contribution in [3.05, 3.63) is 35.8 Å². The predicted molar refractivity (Wildman–Crippen MR) is 88.9 cm³/mol. The number of hydrogen-bond acceptors (Lipinski definition) is 4. The molecule has 0 saturated carbocycles. The summed E-state index contributed by atoms with van der Waals surface area (Å²) in [5, 5.41) is 6.01. The number of aromatic nitrogens is 2. The van der Waals surface area contributed by atoms with Gasteiger partial charge in [0.1, 0.15) is 11.8 Å². The molecule has 1 amide bonds. The van der Waals surface area contributed by atoms with E-state index >= 15 is 0 Å². The smallest absolute Gasteiger partial charge is 0.250 e. The van der Waals surface area contributed by atoms with Gasteiger partial charge in [-0.2, -0.15) is 0 Å². The molecule has 1 fully saturated rings. The summed E-state index contributed by atoms with van der Waals surface area (Å²) in [7, 11) is 0. The molecule has 1 atom stereocenters. The number of nitrogens with zero attached hydrogens (tertiary/aromatic N) is 2. The SMILES string of the molecule is Cc1cccc2nc(CNC(=O)C3CNCCO3)cn12.Cl.Cl. The Morgan fingerprint density at radius 2 is 2.32 bits per heavy atom.